The molecule has 0 spiro atoms. The number of hydrogen-bond acceptors (Lipinski definition) is 9. The van der Waals surface area contributed by atoms with Gasteiger partial charge in [0.1, 0.15) is 12.2 Å². The summed E-state index contributed by atoms with van der Waals surface area (Å²) in [5, 5.41) is 47.7. The SMILES string of the molecule is COC1(C(=O)O)C[C@H](O)[C@@H](NC(C)=O)[C@H]([C@H](O)[C@H](O)CNC(=O)C(=O)Nc2ccccc2)O1. The third-order valence-electron chi connectivity index (χ3n) is 5.04. The van der Waals surface area contributed by atoms with Crippen LogP contribution in [0.3, 0.4) is 0 Å². The highest BCUT2D eigenvalue weighted by Gasteiger charge is 2.55. The highest BCUT2D eigenvalue weighted by Crippen LogP contribution is 2.32. The maximum Gasteiger partial charge on any atom is 0.364 e. The molecule has 6 atom stereocenters. The van der Waals surface area contributed by atoms with Crippen molar-refractivity contribution < 1.29 is 49.1 Å². The standard InChI is InChI=1S/C20H27N3O10/c1-10(24)22-14-12(25)8-20(32-2,19(30)31)33-16(14)15(27)13(26)9-21-17(28)18(29)23-11-6-4-3-5-7-11/h3-7,12-16,25-27H,8-9H2,1-2H3,(H,21,28)(H,22,24)(H,23,29)(H,30,31)/t12-,13+,14+,15+,16+,20?/m0/s1. The number of methoxy groups -OCH3 is 1. The highest BCUT2D eigenvalue weighted by atomic mass is 16.7. The summed E-state index contributed by atoms with van der Waals surface area (Å²) in [7, 11) is 1.02. The summed E-state index contributed by atoms with van der Waals surface area (Å²) in [5.41, 5.74) is 0.366. The Labute approximate surface area is 188 Å². The van der Waals surface area contributed by atoms with Gasteiger partial charge >= 0.3 is 17.8 Å². The van der Waals surface area contributed by atoms with E-state index in [1.165, 1.54) is 0 Å². The molecule has 13 nitrogen and oxygen atoms in total. The number of carbonyl (C=O) groups is 4. The molecule has 1 unspecified atom stereocenters. The molecule has 1 fully saturated rings. The number of para-hydroxylation sites is 1. The van der Waals surface area contributed by atoms with Crippen LogP contribution in [0.5, 0.6) is 0 Å². The molecule has 1 aliphatic heterocycles. The Bertz CT molecular complexity index is 867. The molecule has 1 aromatic carbocycles. The van der Waals surface area contributed by atoms with Crippen molar-refractivity contribution in [3.63, 3.8) is 0 Å². The summed E-state index contributed by atoms with van der Waals surface area (Å²) < 4.78 is 10.3. The molecule has 3 amide bonds. The van der Waals surface area contributed by atoms with Gasteiger partial charge in [-0.05, 0) is 12.1 Å². The molecule has 2 rings (SSSR count). The van der Waals surface area contributed by atoms with E-state index in [2.05, 4.69) is 16.0 Å². The van der Waals surface area contributed by atoms with E-state index in [1.807, 2.05) is 0 Å². The number of anilines is 1. The van der Waals surface area contributed by atoms with Gasteiger partial charge in [-0.15, -0.1) is 0 Å². The first kappa shape index (κ1) is 26.2. The van der Waals surface area contributed by atoms with E-state index < -0.39 is 72.9 Å². The van der Waals surface area contributed by atoms with Crippen LogP contribution in [0.1, 0.15) is 13.3 Å². The fourth-order valence-electron chi connectivity index (χ4n) is 3.34. The van der Waals surface area contributed by atoms with Crippen molar-refractivity contribution >= 4 is 29.4 Å². The van der Waals surface area contributed by atoms with Gasteiger partial charge in [-0.25, -0.2) is 4.79 Å². The van der Waals surface area contributed by atoms with E-state index in [0.29, 0.717) is 5.69 Å². The lowest BCUT2D eigenvalue weighted by Crippen LogP contribution is -2.68. The van der Waals surface area contributed by atoms with E-state index in [-0.39, 0.29) is 0 Å². The summed E-state index contributed by atoms with van der Waals surface area (Å²) in [5.74, 6) is -6.68. The largest absolute Gasteiger partial charge is 0.477 e. The Morgan fingerprint density at radius 3 is 2.36 bits per heavy atom. The zero-order chi connectivity index (χ0) is 24.8. The number of carboxylic acid groups (broad SMARTS) is 1. The van der Waals surface area contributed by atoms with Crippen molar-refractivity contribution in [1.29, 1.82) is 0 Å². The number of aliphatic hydroxyl groups excluding tert-OH is 3. The molecule has 1 saturated heterocycles. The first-order valence-electron chi connectivity index (χ1n) is 9.92. The molecule has 7 N–H and O–H groups in total. The van der Waals surface area contributed by atoms with Crippen LogP contribution >= 0.6 is 0 Å². The van der Waals surface area contributed by atoms with Crippen LogP contribution < -0.4 is 16.0 Å². The Morgan fingerprint density at radius 2 is 1.82 bits per heavy atom. The van der Waals surface area contributed by atoms with Crippen LogP contribution in [-0.4, -0.2) is 94.0 Å². The van der Waals surface area contributed by atoms with E-state index in [1.54, 1.807) is 30.3 Å². The first-order chi connectivity index (χ1) is 15.5. The second-order valence-electron chi connectivity index (χ2n) is 7.43. The molecule has 0 saturated carbocycles. The van der Waals surface area contributed by atoms with Crippen molar-refractivity contribution in [3.05, 3.63) is 30.3 Å². The minimum Gasteiger partial charge on any atom is -0.477 e. The van der Waals surface area contributed by atoms with Gasteiger partial charge in [0.25, 0.3) is 5.79 Å². The third kappa shape index (κ3) is 6.46. The van der Waals surface area contributed by atoms with Crippen molar-refractivity contribution in [3.8, 4) is 0 Å². The summed E-state index contributed by atoms with van der Waals surface area (Å²) in [6.45, 7) is 0.505. The molecule has 0 radical (unpaired) electrons. The number of benzene rings is 1. The molecular weight excluding hydrogens is 442 g/mol. The fraction of sp³-hybridized carbons (Fsp3) is 0.500. The van der Waals surface area contributed by atoms with Gasteiger partial charge in [0.2, 0.25) is 5.91 Å². The van der Waals surface area contributed by atoms with Gasteiger partial charge in [-0.2, -0.15) is 0 Å². The normalized spacial score (nSPS) is 26.5. The number of carboxylic acids is 1. The second kappa shape index (κ2) is 11.2. The van der Waals surface area contributed by atoms with Crippen molar-refractivity contribution in [1.82, 2.24) is 10.6 Å². The average Bonchev–Trinajstić information content (AvgIpc) is 2.78. The maximum atomic E-state index is 12.0. The van der Waals surface area contributed by atoms with E-state index in [0.717, 1.165) is 14.0 Å². The number of ether oxygens (including phenoxy) is 2. The zero-order valence-corrected chi connectivity index (χ0v) is 17.9. The van der Waals surface area contributed by atoms with Crippen LogP contribution in [0, 0.1) is 0 Å². The minimum absolute atomic E-state index is 0.366. The summed E-state index contributed by atoms with van der Waals surface area (Å²) in [6.07, 6.45) is -7.40. The van der Waals surface area contributed by atoms with Gasteiger partial charge in [0.15, 0.2) is 0 Å². The lowest BCUT2D eigenvalue weighted by atomic mass is 9.88. The molecule has 1 aliphatic rings. The predicted octanol–water partition coefficient (Wildman–Crippen LogP) is -2.46. The molecule has 0 aromatic heterocycles. The van der Waals surface area contributed by atoms with Crippen LogP contribution in [-0.2, 0) is 28.7 Å². The molecule has 33 heavy (non-hydrogen) atoms. The lowest BCUT2D eigenvalue weighted by molar-refractivity contribution is -0.303. The van der Waals surface area contributed by atoms with Gasteiger partial charge in [-0.1, -0.05) is 18.2 Å². The third-order valence-corrected chi connectivity index (χ3v) is 5.04. The Morgan fingerprint density at radius 1 is 1.18 bits per heavy atom. The van der Waals surface area contributed by atoms with Crippen LogP contribution in [0.2, 0.25) is 0 Å². The van der Waals surface area contributed by atoms with Crippen molar-refractivity contribution in [2.75, 3.05) is 19.0 Å². The van der Waals surface area contributed by atoms with Gasteiger partial charge in [0.05, 0.1) is 18.2 Å². The Balaban J connectivity index is 2.08. The molecule has 0 aliphatic carbocycles. The number of aliphatic hydroxyl groups is 3. The van der Waals surface area contributed by atoms with Crippen molar-refractivity contribution in [2.45, 2.75) is 49.6 Å². The summed E-state index contributed by atoms with van der Waals surface area (Å²) in [6, 6.07) is 6.83. The molecule has 182 valence electrons. The number of hydrogen-bond donors (Lipinski definition) is 7. The number of aliphatic carboxylic acids is 1. The van der Waals surface area contributed by atoms with Gasteiger partial charge in [-0.3, -0.25) is 14.4 Å². The topological polar surface area (TPSA) is 204 Å². The zero-order valence-electron chi connectivity index (χ0n) is 17.9. The van der Waals surface area contributed by atoms with Crippen LogP contribution in [0.4, 0.5) is 5.69 Å². The molecule has 1 heterocycles. The fourth-order valence-corrected chi connectivity index (χ4v) is 3.34. The monoisotopic (exact) mass is 469 g/mol. The Hall–Kier alpha value is -3.10. The van der Waals surface area contributed by atoms with E-state index >= 15 is 0 Å². The Kier molecular flexibility index (Phi) is 8.84. The van der Waals surface area contributed by atoms with E-state index in [4.69, 9.17) is 9.47 Å². The van der Waals surface area contributed by atoms with Gasteiger partial charge < -0.3 is 45.9 Å². The van der Waals surface area contributed by atoms with Crippen molar-refractivity contribution in [2.24, 2.45) is 0 Å². The predicted molar refractivity (Wildman–Crippen MR) is 111 cm³/mol. The highest BCUT2D eigenvalue weighted by molar-refractivity contribution is 6.39. The smallest absolute Gasteiger partial charge is 0.364 e. The average molecular weight is 469 g/mol. The van der Waals surface area contributed by atoms with Gasteiger partial charge in [0, 0.05) is 32.7 Å². The number of carbonyl (C=O) groups excluding carboxylic acids is 3. The lowest BCUT2D eigenvalue weighted by Gasteiger charge is -2.46. The van der Waals surface area contributed by atoms with Crippen LogP contribution in [0.15, 0.2) is 30.3 Å². The van der Waals surface area contributed by atoms with Crippen LogP contribution in [0.25, 0.3) is 0 Å². The number of nitrogens with one attached hydrogen (secondary N) is 3. The summed E-state index contributed by atoms with van der Waals surface area (Å²) >= 11 is 0. The quantitative estimate of drug-likeness (QED) is 0.200. The maximum absolute atomic E-state index is 12.0. The number of rotatable bonds is 8. The molecule has 0 bridgehead atoms. The van der Waals surface area contributed by atoms with E-state index in [9.17, 15) is 39.6 Å². The second-order valence-corrected chi connectivity index (χ2v) is 7.43. The molecule has 1 aromatic rings. The first-order valence-corrected chi connectivity index (χ1v) is 9.92. The molecule has 13 heteroatoms. The molecular formula is C20H27N3O10. The minimum atomic E-state index is -2.35. The number of amides is 3. The summed E-state index contributed by atoms with van der Waals surface area (Å²) in [4.78, 5) is 47.2.